The maximum Gasteiger partial charge on any atom is 0.297 e. The fourth-order valence-electron chi connectivity index (χ4n) is 2.39. The highest BCUT2D eigenvalue weighted by Gasteiger charge is 2.33. The topological polar surface area (TPSA) is 52.6 Å². The molecule has 2 aromatic carbocycles. The van der Waals surface area contributed by atoms with Crippen molar-refractivity contribution in [2.45, 2.75) is 38.7 Å². The normalized spacial score (nSPS) is 13.5. The summed E-state index contributed by atoms with van der Waals surface area (Å²) in [5.41, 5.74) is 1.34. The molecule has 0 N–H and O–H groups in total. The zero-order valence-corrected chi connectivity index (χ0v) is 15.6. The minimum atomic E-state index is -3.87. The number of methoxy groups -OCH3 is 1. The van der Waals surface area contributed by atoms with E-state index in [9.17, 15) is 8.42 Å². The molecule has 0 aliphatic rings. The smallest absolute Gasteiger partial charge is 0.297 e. The minimum Gasteiger partial charge on any atom is -0.497 e. The van der Waals surface area contributed by atoms with Gasteiger partial charge in [0.1, 0.15) is 11.9 Å². The molecule has 2 rings (SSSR count). The Hall–Kier alpha value is -1.85. The molecule has 0 aliphatic heterocycles. The molecule has 130 valence electrons. The van der Waals surface area contributed by atoms with Crippen molar-refractivity contribution in [1.29, 1.82) is 0 Å². The first-order chi connectivity index (χ1) is 11.1. The monoisotopic (exact) mass is 348 g/mol. The van der Waals surface area contributed by atoms with Gasteiger partial charge in [0, 0.05) is 0 Å². The van der Waals surface area contributed by atoms with Crippen LogP contribution in [-0.2, 0) is 14.3 Å². The fraction of sp³-hybridized carbons (Fsp3) is 0.368. The predicted octanol–water partition coefficient (Wildman–Crippen LogP) is 4.50. The van der Waals surface area contributed by atoms with Crippen LogP contribution in [0.5, 0.6) is 5.75 Å². The molecule has 1 unspecified atom stereocenters. The Kier molecular flexibility index (Phi) is 5.35. The highest BCUT2D eigenvalue weighted by molar-refractivity contribution is 7.86. The molecule has 2 aromatic rings. The SMILES string of the molecule is COc1cccc(C(OS(=O)(=O)c2ccc(C)cc2)C(C)(C)C)c1. The summed E-state index contributed by atoms with van der Waals surface area (Å²) in [7, 11) is -2.29. The van der Waals surface area contributed by atoms with E-state index in [1.54, 1.807) is 37.4 Å². The Morgan fingerprint density at radius 1 is 1.00 bits per heavy atom. The molecule has 5 heteroatoms. The van der Waals surface area contributed by atoms with Gasteiger partial charge in [-0.2, -0.15) is 8.42 Å². The molecular formula is C19H24O4S. The summed E-state index contributed by atoms with van der Waals surface area (Å²) in [5, 5.41) is 0. The van der Waals surface area contributed by atoms with Crippen molar-refractivity contribution in [3.8, 4) is 5.75 Å². The minimum absolute atomic E-state index is 0.158. The van der Waals surface area contributed by atoms with Crippen LogP contribution >= 0.6 is 0 Å². The van der Waals surface area contributed by atoms with Crippen molar-refractivity contribution in [3.05, 3.63) is 59.7 Å². The molecule has 0 aromatic heterocycles. The van der Waals surface area contributed by atoms with Crippen LogP contribution < -0.4 is 4.74 Å². The quantitative estimate of drug-likeness (QED) is 0.747. The van der Waals surface area contributed by atoms with Crippen LogP contribution in [0.1, 0.15) is 38.0 Å². The van der Waals surface area contributed by atoms with Crippen LogP contribution in [0.4, 0.5) is 0 Å². The van der Waals surface area contributed by atoms with Crippen molar-refractivity contribution in [3.63, 3.8) is 0 Å². The van der Waals surface area contributed by atoms with Gasteiger partial charge >= 0.3 is 0 Å². The van der Waals surface area contributed by atoms with Gasteiger partial charge < -0.3 is 4.74 Å². The summed E-state index contributed by atoms with van der Waals surface area (Å²) < 4.78 is 36.2. The van der Waals surface area contributed by atoms with E-state index in [0.717, 1.165) is 11.1 Å². The highest BCUT2D eigenvalue weighted by atomic mass is 32.2. The molecule has 0 saturated carbocycles. The third-order valence-corrected chi connectivity index (χ3v) is 5.01. The predicted molar refractivity (Wildman–Crippen MR) is 94.6 cm³/mol. The maximum absolute atomic E-state index is 12.7. The molecule has 1 atom stereocenters. The van der Waals surface area contributed by atoms with Crippen molar-refractivity contribution in [2.75, 3.05) is 7.11 Å². The van der Waals surface area contributed by atoms with E-state index < -0.39 is 21.6 Å². The first-order valence-corrected chi connectivity index (χ1v) is 9.18. The molecule has 0 fully saturated rings. The molecule has 0 spiro atoms. The van der Waals surface area contributed by atoms with E-state index >= 15 is 0 Å². The summed E-state index contributed by atoms with van der Waals surface area (Å²) >= 11 is 0. The van der Waals surface area contributed by atoms with Gasteiger partial charge in [-0.05, 0) is 42.2 Å². The van der Waals surface area contributed by atoms with E-state index in [4.69, 9.17) is 8.92 Å². The summed E-state index contributed by atoms with van der Waals surface area (Å²) in [5.74, 6) is 0.665. The molecule has 0 aliphatic carbocycles. The summed E-state index contributed by atoms with van der Waals surface area (Å²) in [6.45, 7) is 7.75. The van der Waals surface area contributed by atoms with Crippen LogP contribution in [0.3, 0.4) is 0 Å². The second-order valence-electron chi connectivity index (χ2n) is 6.89. The number of hydrogen-bond acceptors (Lipinski definition) is 4. The van der Waals surface area contributed by atoms with Crippen LogP contribution in [-0.4, -0.2) is 15.5 Å². The van der Waals surface area contributed by atoms with E-state index in [-0.39, 0.29) is 4.90 Å². The van der Waals surface area contributed by atoms with Gasteiger partial charge in [-0.25, -0.2) is 0 Å². The molecule has 0 bridgehead atoms. The average Bonchev–Trinajstić information content (AvgIpc) is 2.52. The van der Waals surface area contributed by atoms with Crippen molar-refractivity contribution in [1.82, 2.24) is 0 Å². The lowest BCUT2D eigenvalue weighted by atomic mass is 9.85. The standard InChI is InChI=1S/C19H24O4S/c1-14-9-11-17(12-10-14)24(20,21)23-18(19(2,3)4)15-7-6-8-16(13-15)22-5/h6-13,18H,1-5H3. The van der Waals surface area contributed by atoms with E-state index in [2.05, 4.69) is 0 Å². The van der Waals surface area contributed by atoms with Crippen molar-refractivity contribution in [2.24, 2.45) is 5.41 Å². The Labute approximate surface area is 144 Å². The van der Waals surface area contributed by atoms with E-state index in [0.29, 0.717) is 5.75 Å². The molecular weight excluding hydrogens is 324 g/mol. The highest BCUT2D eigenvalue weighted by Crippen LogP contribution is 2.39. The fourth-order valence-corrected chi connectivity index (χ4v) is 3.63. The van der Waals surface area contributed by atoms with Gasteiger partial charge in [-0.15, -0.1) is 0 Å². The van der Waals surface area contributed by atoms with Gasteiger partial charge in [0.25, 0.3) is 10.1 Å². The number of hydrogen-bond donors (Lipinski definition) is 0. The first kappa shape index (κ1) is 18.5. The Morgan fingerprint density at radius 3 is 2.17 bits per heavy atom. The van der Waals surface area contributed by atoms with E-state index in [1.807, 2.05) is 45.9 Å². The van der Waals surface area contributed by atoms with Crippen LogP contribution in [0.2, 0.25) is 0 Å². The molecule has 24 heavy (non-hydrogen) atoms. The second kappa shape index (κ2) is 6.95. The van der Waals surface area contributed by atoms with Gasteiger partial charge in [0.2, 0.25) is 0 Å². The zero-order chi connectivity index (χ0) is 18.0. The van der Waals surface area contributed by atoms with Gasteiger partial charge in [-0.3, -0.25) is 4.18 Å². The lowest BCUT2D eigenvalue weighted by molar-refractivity contribution is 0.0931. The Balaban J connectivity index is 2.40. The number of aryl methyl sites for hydroxylation is 1. The number of rotatable bonds is 5. The largest absolute Gasteiger partial charge is 0.497 e. The van der Waals surface area contributed by atoms with Crippen LogP contribution in [0.15, 0.2) is 53.4 Å². The van der Waals surface area contributed by atoms with Gasteiger partial charge in [0.05, 0.1) is 12.0 Å². The van der Waals surface area contributed by atoms with Crippen LogP contribution in [0, 0.1) is 12.3 Å². The molecule has 0 saturated heterocycles. The summed E-state index contributed by atoms with van der Waals surface area (Å²) in [4.78, 5) is 0.158. The third-order valence-electron chi connectivity index (χ3n) is 3.72. The average molecular weight is 348 g/mol. The lowest BCUT2D eigenvalue weighted by Crippen LogP contribution is -2.24. The van der Waals surface area contributed by atoms with Gasteiger partial charge in [0.15, 0.2) is 0 Å². The summed E-state index contributed by atoms with van der Waals surface area (Å²) in [6.07, 6.45) is -0.626. The molecule has 0 amide bonds. The number of benzene rings is 2. The Morgan fingerprint density at radius 2 is 1.62 bits per heavy atom. The maximum atomic E-state index is 12.7. The lowest BCUT2D eigenvalue weighted by Gasteiger charge is -2.30. The van der Waals surface area contributed by atoms with E-state index in [1.165, 1.54) is 0 Å². The first-order valence-electron chi connectivity index (χ1n) is 7.77. The van der Waals surface area contributed by atoms with Crippen LogP contribution in [0.25, 0.3) is 0 Å². The Bertz CT molecular complexity index is 787. The third kappa shape index (κ3) is 4.36. The molecule has 0 heterocycles. The second-order valence-corrected chi connectivity index (χ2v) is 8.46. The zero-order valence-electron chi connectivity index (χ0n) is 14.7. The number of ether oxygens (including phenoxy) is 1. The van der Waals surface area contributed by atoms with Gasteiger partial charge in [-0.1, -0.05) is 50.6 Å². The van der Waals surface area contributed by atoms with Crippen molar-refractivity contribution < 1.29 is 17.3 Å². The molecule has 4 nitrogen and oxygen atoms in total. The van der Waals surface area contributed by atoms with Crippen molar-refractivity contribution >= 4 is 10.1 Å². The molecule has 0 radical (unpaired) electrons. The summed E-state index contributed by atoms with van der Waals surface area (Å²) in [6, 6.07) is 13.9.